The highest BCUT2D eigenvalue weighted by Crippen LogP contribution is 2.32. The third-order valence-electron chi connectivity index (χ3n) is 3.89. The molecule has 0 bridgehead atoms. The Bertz CT molecular complexity index is 960. The second-order valence-corrected chi connectivity index (χ2v) is 7.74. The van der Waals surface area contributed by atoms with E-state index in [9.17, 15) is 18.0 Å². The van der Waals surface area contributed by atoms with Gasteiger partial charge >= 0.3 is 0 Å². The molecular formula is C18H19N3O5S. The number of rotatable bonds is 6. The van der Waals surface area contributed by atoms with Gasteiger partial charge in [0, 0.05) is 18.7 Å². The van der Waals surface area contributed by atoms with E-state index in [2.05, 4.69) is 15.4 Å². The number of nitrogens with one attached hydrogen (secondary N) is 3. The minimum atomic E-state index is -3.65. The van der Waals surface area contributed by atoms with Gasteiger partial charge < -0.3 is 15.4 Å². The third-order valence-corrected chi connectivity index (χ3v) is 5.37. The number of carbonyl (C=O) groups excluding carboxylic acids is 2. The van der Waals surface area contributed by atoms with Gasteiger partial charge in [0.15, 0.2) is 6.10 Å². The van der Waals surface area contributed by atoms with E-state index >= 15 is 0 Å². The molecule has 1 aliphatic rings. The van der Waals surface area contributed by atoms with E-state index in [4.69, 9.17) is 4.74 Å². The first-order valence-electron chi connectivity index (χ1n) is 8.31. The van der Waals surface area contributed by atoms with E-state index < -0.39 is 16.1 Å². The van der Waals surface area contributed by atoms with Gasteiger partial charge in [-0.15, -0.1) is 0 Å². The number of anilines is 2. The molecule has 8 nitrogen and oxygen atoms in total. The molecule has 0 fully saturated rings. The van der Waals surface area contributed by atoms with Crippen molar-refractivity contribution >= 4 is 33.2 Å². The van der Waals surface area contributed by atoms with Crippen LogP contribution in [0.15, 0.2) is 53.4 Å². The van der Waals surface area contributed by atoms with Crippen molar-refractivity contribution in [2.24, 2.45) is 0 Å². The maximum atomic E-state index is 12.1. The van der Waals surface area contributed by atoms with Crippen LogP contribution in [0.2, 0.25) is 0 Å². The number of hydrogen-bond acceptors (Lipinski definition) is 5. The fourth-order valence-corrected chi connectivity index (χ4v) is 3.54. The highest BCUT2D eigenvalue weighted by atomic mass is 32.2. The van der Waals surface area contributed by atoms with Gasteiger partial charge in [0.2, 0.25) is 15.9 Å². The summed E-state index contributed by atoms with van der Waals surface area (Å²) in [4.78, 5) is 23.9. The van der Waals surface area contributed by atoms with Crippen LogP contribution < -0.4 is 20.1 Å². The summed E-state index contributed by atoms with van der Waals surface area (Å²) < 4.78 is 32.0. The number of amides is 2. The molecule has 0 spiro atoms. The lowest BCUT2D eigenvalue weighted by Crippen LogP contribution is -2.34. The van der Waals surface area contributed by atoms with Crippen molar-refractivity contribution in [1.29, 1.82) is 0 Å². The molecule has 2 aromatic carbocycles. The Balaban J connectivity index is 1.54. The van der Waals surface area contributed by atoms with Crippen molar-refractivity contribution < 1.29 is 22.7 Å². The molecule has 0 saturated heterocycles. The van der Waals surface area contributed by atoms with Crippen LogP contribution in [0.1, 0.15) is 13.3 Å². The summed E-state index contributed by atoms with van der Waals surface area (Å²) in [5.41, 5.74) is 0.948. The van der Waals surface area contributed by atoms with Gasteiger partial charge in [-0.25, -0.2) is 13.1 Å². The van der Waals surface area contributed by atoms with Crippen LogP contribution in [-0.2, 0) is 19.6 Å². The zero-order chi connectivity index (χ0) is 19.4. The predicted octanol–water partition coefficient (Wildman–Crippen LogP) is 1.71. The molecule has 2 amide bonds. The molecule has 27 heavy (non-hydrogen) atoms. The van der Waals surface area contributed by atoms with Crippen molar-refractivity contribution in [3.8, 4) is 5.75 Å². The number of fused-ring (bicyclic) bond motifs is 1. The van der Waals surface area contributed by atoms with Gasteiger partial charge in [-0.3, -0.25) is 9.59 Å². The summed E-state index contributed by atoms with van der Waals surface area (Å²) in [7, 11) is -3.65. The molecule has 1 heterocycles. The number of carbonyl (C=O) groups is 2. The van der Waals surface area contributed by atoms with Crippen molar-refractivity contribution in [3.63, 3.8) is 0 Å². The number of sulfonamides is 1. The molecule has 0 saturated carbocycles. The predicted molar refractivity (Wildman–Crippen MR) is 100 cm³/mol. The van der Waals surface area contributed by atoms with Crippen molar-refractivity contribution in [2.45, 2.75) is 24.3 Å². The summed E-state index contributed by atoms with van der Waals surface area (Å²) in [5.74, 6) is -0.0980. The van der Waals surface area contributed by atoms with E-state index in [1.54, 1.807) is 43.3 Å². The molecule has 9 heteroatoms. The summed E-state index contributed by atoms with van der Waals surface area (Å²) in [5, 5.41) is 5.36. The van der Waals surface area contributed by atoms with Crippen LogP contribution in [0.25, 0.3) is 0 Å². The fraction of sp³-hybridized carbons (Fsp3) is 0.222. The Kier molecular flexibility index (Phi) is 5.43. The van der Waals surface area contributed by atoms with E-state index in [-0.39, 0.29) is 29.7 Å². The van der Waals surface area contributed by atoms with E-state index in [1.165, 1.54) is 12.1 Å². The minimum absolute atomic E-state index is 0.0363. The van der Waals surface area contributed by atoms with Crippen LogP contribution in [0, 0.1) is 0 Å². The average molecular weight is 389 g/mol. The first kappa shape index (κ1) is 18.9. The lowest BCUT2D eigenvalue weighted by Gasteiger charge is -2.23. The fourth-order valence-electron chi connectivity index (χ4n) is 2.49. The summed E-state index contributed by atoms with van der Waals surface area (Å²) >= 11 is 0. The summed E-state index contributed by atoms with van der Waals surface area (Å²) in [6.07, 6.45) is -0.612. The van der Waals surface area contributed by atoms with Crippen LogP contribution in [0.3, 0.4) is 0 Å². The summed E-state index contributed by atoms with van der Waals surface area (Å²) in [6, 6.07) is 12.8. The molecular weight excluding hydrogens is 370 g/mol. The Morgan fingerprint density at radius 1 is 1.19 bits per heavy atom. The highest BCUT2D eigenvalue weighted by molar-refractivity contribution is 7.89. The van der Waals surface area contributed by atoms with Gasteiger partial charge in [0.05, 0.1) is 10.6 Å². The van der Waals surface area contributed by atoms with Crippen LogP contribution in [-0.4, -0.2) is 32.9 Å². The smallest absolute Gasteiger partial charge is 0.265 e. The number of hydrogen-bond donors (Lipinski definition) is 3. The quantitative estimate of drug-likeness (QED) is 0.696. The first-order chi connectivity index (χ1) is 12.8. The molecule has 1 aliphatic heterocycles. The number of benzene rings is 2. The van der Waals surface area contributed by atoms with Gasteiger partial charge in [-0.2, -0.15) is 0 Å². The van der Waals surface area contributed by atoms with Crippen molar-refractivity contribution in [2.75, 3.05) is 17.2 Å². The van der Waals surface area contributed by atoms with E-state index in [1.807, 2.05) is 0 Å². The number of ether oxygens (including phenoxy) is 1. The lowest BCUT2D eigenvalue weighted by atomic mass is 10.2. The molecule has 3 rings (SSSR count). The molecule has 0 aliphatic carbocycles. The third kappa shape index (κ3) is 4.63. The molecule has 2 aromatic rings. The first-order valence-corrected chi connectivity index (χ1v) is 9.79. The van der Waals surface area contributed by atoms with Crippen molar-refractivity contribution in [3.05, 3.63) is 48.5 Å². The second-order valence-electron chi connectivity index (χ2n) is 5.97. The molecule has 0 aromatic heterocycles. The monoisotopic (exact) mass is 389 g/mol. The minimum Gasteiger partial charge on any atom is -0.479 e. The molecule has 0 radical (unpaired) electrons. The topological polar surface area (TPSA) is 114 Å². The normalized spacial score (nSPS) is 16.0. The van der Waals surface area contributed by atoms with Crippen LogP contribution in [0.5, 0.6) is 5.75 Å². The Morgan fingerprint density at radius 3 is 2.67 bits per heavy atom. The second kappa shape index (κ2) is 7.77. The Hall–Kier alpha value is -2.91. The molecule has 142 valence electrons. The zero-order valence-corrected chi connectivity index (χ0v) is 15.4. The van der Waals surface area contributed by atoms with Gasteiger partial charge in [0.1, 0.15) is 5.75 Å². The molecule has 0 unspecified atom stereocenters. The lowest BCUT2D eigenvalue weighted by molar-refractivity contribution is -0.122. The molecule has 1 atom stereocenters. The van der Waals surface area contributed by atoms with Gasteiger partial charge in [-0.1, -0.05) is 18.2 Å². The molecule has 3 N–H and O–H groups in total. The van der Waals surface area contributed by atoms with E-state index in [0.717, 1.165) is 0 Å². The average Bonchev–Trinajstić information content (AvgIpc) is 2.63. The largest absolute Gasteiger partial charge is 0.479 e. The highest BCUT2D eigenvalue weighted by Gasteiger charge is 2.23. The van der Waals surface area contributed by atoms with Gasteiger partial charge in [-0.05, 0) is 37.3 Å². The Labute approximate surface area is 157 Å². The standard InChI is InChI=1S/C18H19N3O5S/c1-12-18(23)21-15-11-13(7-8-16(15)26-12)20-17(22)9-10-19-27(24,25)14-5-3-2-4-6-14/h2-8,11-12,19H,9-10H2,1H3,(H,20,22)(H,21,23)/t12-/m1/s1. The zero-order valence-electron chi connectivity index (χ0n) is 14.6. The van der Waals surface area contributed by atoms with Crippen molar-refractivity contribution in [1.82, 2.24) is 4.72 Å². The van der Waals surface area contributed by atoms with Crippen LogP contribution in [0.4, 0.5) is 11.4 Å². The van der Waals surface area contributed by atoms with E-state index in [0.29, 0.717) is 17.1 Å². The maximum absolute atomic E-state index is 12.1. The SMILES string of the molecule is C[C@H]1Oc2ccc(NC(=O)CCNS(=O)(=O)c3ccccc3)cc2NC1=O. The Morgan fingerprint density at radius 2 is 1.93 bits per heavy atom. The van der Waals surface area contributed by atoms with Crippen LogP contribution >= 0.6 is 0 Å². The maximum Gasteiger partial charge on any atom is 0.265 e. The van der Waals surface area contributed by atoms with Gasteiger partial charge in [0.25, 0.3) is 5.91 Å². The summed E-state index contributed by atoms with van der Waals surface area (Å²) in [6.45, 7) is 1.61.